The lowest BCUT2D eigenvalue weighted by Gasteiger charge is -2.16. The van der Waals surface area contributed by atoms with E-state index in [2.05, 4.69) is 32.9 Å². The van der Waals surface area contributed by atoms with E-state index in [4.69, 9.17) is 0 Å². The third-order valence-electron chi connectivity index (χ3n) is 3.75. The second-order valence-electron chi connectivity index (χ2n) is 6.02. The number of benzene rings is 2. The lowest BCUT2D eigenvalue weighted by Crippen LogP contribution is -2.25. The fourth-order valence-corrected chi connectivity index (χ4v) is 3.83. The van der Waals surface area contributed by atoms with E-state index in [0.29, 0.717) is 16.1 Å². The zero-order valence-corrected chi connectivity index (χ0v) is 17.4. The number of rotatable bonds is 5. The van der Waals surface area contributed by atoms with E-state index in [1.54, 1.807) is 10.6 Å². The van der Waals surface area contributed by atoms with Crippen LogP contribution in [0.2, 0.25) is 0 Å². The molecule has 1 N–H and O–H groups in total. The normalized spacial score (nSPS) is 11.1. The number of aromatic nitrogens is 2. The number of thioether (sulfide) groups is 1. The predicted octanol–water partition coefficient (Wildman–Crippen LogP) is 4.31. The number of halogens is 1. The summed E-state index contributed by atoms with van der Waals surface area (Å²) in [5.74, 6) is 0.0534. The fourth-order valence-electron chi connectivity index (χ4n) is 2.54. The maximum absolute atomic E-state index is 12.8. The lowest BCUT2D eigenvalue weighted by molar-refractivity contribution is -0.113. The van der Waals surface area contributed by atoms with Crippen molar-refractivity contribution in [3.63, 3.8) is 0 Å². The Morgan fingerprint density at radius 1 is 1.19 bits per heavy atom. The van der Waals surface area contributed by atoms with Crippen molar-refractivity contribution in [3.05, 3.63) is 62.5 Å². The van der Waals surface area contributed by atoms with Gasteiger partial charge in [-0.05, 0) is 72.8 Å². The maximum Gasteiger partial charge on any atom is 0.262 e. The Hall–Kier alpha value is -1.87. The van der Waals surface area contributed by atoms with Crippen LogP contribution in [0, 0.1) is 3.57 Å². The molecule has 1 aromatic heterocycles. The number of hydrogen-bond acceptors (Lipinski definition) is 4. The second-order valence-corrected chi connectivity index (χ2v) is 8.21. The number of carbonyl (C=O) groups excluding carboxylic acids is 1. The molecule has 0 spiro atoms. The molecule has 0 aliphatic carbocycles. The molecule has 3 aromatic rings. The van der Waals surface area contributed by atoms with Gasteiger partial charge in [-0.1, -0.05) is 23.9 Å². The van der Waals surface area contributed by atoms with Crippen molar-refractivity contribution in [2.75, 3.05) is 11.1 Å². The number of carbonyl (C=O) groups is 1. The van der Waals surface area contributed by atoms with Crippen molar-refractivity contribution >= 4 is 56.9 Å². The van der Waals surface area contributed by atoms with Crippen molar-refractivity contribution in [2.24, 2.45) is 0 Å². The number of para-hydroxylation sites is 1. The van der Waals surface area contributed by atoms with Crippen molar-refractivity contribution in [2.45, 2.75) is 25.0 Å². The zero-order chi connectivity index (χ0) is 18.7. The summed E-state index contributed by atoms with van der Waals surface area (Å²) in [6.45, 7) is 3.88. The number of amides is 1. The lowest BCUT2D eigenvalue weighted by atomic mass is 10.2. The number of hydrogen-bond donors (Lipinski definition) is 1. The molecule has 0 unspecified atom stereocenters. The van der Waals surface area contributed by atoms with E-state index in [0.717, 1.165) is 9.26 Å². The quantitative estimate of drug-likeness (QED) is 0.337. The molecule has 0 fully saturated rings. The van der Waals surface area contributed by atoms with Crippen molar-refractivity contribution in [1.29, 1.82) is 0 Å². The summed E-state index contributed by atoms with van der Waals surface area (Å²) in [5.41, 5.74) is 1.32. The Bertz CT molecular complexity index is 1000. The van der Waals surface area contributed by atoms with Crippen LogP contribution in [0.4, 0.5) is 5.69 Å². The van der Waals surface area contributed by atoms with Gasteiger partial charge >= 0.3 is 0 Å². The van der Waals surface area contributed by atoms with Gasteiger partial charge in [-0.25, -0.2) is 4.98 Å². The van der Waals surface area contributed by atoms with Crippen LogP contribution < -0.4 is 10.9 Å². The van der Waals surface area contributed by atoms with Crippen LogP contribution in [-0.2, 0) is 4.79 Å². The van der Waals surface area contributed by atoms with Gasteiger partial charge in [-0.3, -0.25) is 14.2 Å². The van der Waals surface area contributed by atoms with Crippen molar-refractivity contribution < 1.29 is 4.79 Å². The fraction of sp³-hybridized carbons (Fsp3) is 0.211. The summed E-state index contributed by atoms with van der Waals surface area (Å²) in [7, 11) is 0. The van der Waals surface area contributed by atoms with Crippen LogP contribution in [0.3, 0.4) is 0 Å². The highest BCUT2D eigenvalue weighted by Crippen LogP contribution is 2.21. The molecule has 0 saturated carbocycles. The zero-order valence-electron chi connectivity index (χ0n) is 14.4. The molecule has 0 atom stereocenters. The van der Waals surface area contributed by atoms with Gasteiger partial charge in [0.05, 0.1) is 16.7 Å². The van der Waals surface area contributed by atoms with Crippen molar-refractivity contribution in [1.82, 2.24) is 9.55 Å². The molecule has 0 aliphatic rings. The van der Waals surface area contributed by atoms with E-state index in [1.807, 2.05) is 56.3 Å². The van der Waals surface area contributed by atoms with Gasteiger partial charge < -0.3 is 5.32 Å². The summed E-state index contributed by atoms with van der Waals surface area (Å²) in [4.78, 5) is 29.6. The van der Waals surface area contributed by atoms with E-state index >= 15 is 0 Å². The van der Waals surface area contributed by atoms with E-state index in [1.165, 1.54) is 11.8 Å². The molecular weight excluding hydrogens is 461 g/mol. The molecule has 0 aliphatic heterocycles. The first-order valence-corrected chi connectivity index (χ1v) is 10.2. The summed E-state index contributed by atoms with van der Waals surface area (Å²) in [6, 6.07) is 14.8. The molecule has 2 aromatic carbocycles. The minimum atomic E-state index is -0.131. The first kappa shape index (κ1) is 18.9. The molecule has 5 nitrogen and oxygen atoms in total. The third-order valence-corrected chi connectivity index (χ3v) is 5.42. The van der Waals surface area contributed by atoms with Crippen LogP contribution in [-0.4, -0.2) is 21.2 Å². The number of anilines is 1. The van der Waals surface area contributed by atoms with Crippen LogP contribution in [0.1, 0.15) is 19.9 Å². The minimum absolute atomic E-state index is 0.0404. The highest BCUT2D eigenvalue weighted by molar-refractivity contribution is 14.1. The average molecular weight is 479 g/mol. The first-order chi connectivity index (χ1) is 12.5. The van der Waals surface area contributed by atoms with Crippen molar-refractivity contribution in [3.8, 4) is 0 Å². The molecule has 26 heavy (non-hydrogen) atoms. The van der Waals surface area contributed by atoms with Gasteiger partial charge in [0.25, 0.3) is 5.56 Å². The largest absolute Gasteiger partial charge is 0.325 e. The molecule has 7 heteroatoms. The average Bonchev–Trinajstić information content (AvgIpc) is 2.61. The maximum atomic E-state index is 12.8. The van der Waals surface area contributed by atoms with Gasteiger partial charge in [0.2, 0.25) is 5.91 Å². The number of fused-ring (bicyclic) bond motifs is 1. The Balaban J connectivity index is 1.81. The summed E-state index contributed by atoms with van der Waals surface area (Å²) >= 11 is 3.49. The van der Waals surface area contributed by atoms with Gasteiger partial charge in [0, 0.05) is 15.3 Å². The Kier molecular flexibility index (Phi) is 5.98. The van der Waals surface area contributed by atoms with E-state index in [9.17, 15) is 9.59 Å². The molecular formula is C19H18IN3O2S. The molecule has 1 heterocycles. The molecule has 0 saturated heterocycles. The first-order valence-electron chi connectivity index (χ1n) is 8.15. The smallest absolute Gasteiger partial charge is 0.262 e. The topological polar surface area (TPSA) is 64.0 Å². The van der Waals surface area contributed by atoms with E-state index in [-0.39, 0.29) is 23.3 Å². The van der Waals surface area contributed by atoms with Crippen LogP contribution in [0.5, 0.6) is 0 Å². The summed E-state index contributed by atoms with van der Waals surface area (Å²) < 4.78 is 2.75. The molecule has 134 valence electrons. The SMILES string of the molecule is CC(C)n1c(SCC(=O)Nc2ccc(I)cc2)nc2ccccc2c1=O. The molecule has 0 bridgehead atoms. The molecule has 3 rings (SSSR count). The Morgan fingerprint density at radius 2 is 1.88 bits per heavy atom. The second kappa shape index (κ2) is 8.22. The van der Waals surface area contributed by atoms with Crippen LogP contribution >= 0.6 is 34.4 Å². The monoisotopic (exact) mass is 479 g/mol. The molecule has 1 amide bonds. The van der Waals surface area contributed by atoms with Gasteiger partial charge in [-0.2, -0.15) is 0 Å². The number of nitrogens with one attached hydrogen (secondary N) is 1. The highest BCUT2D eigenvalue weighted by atomic mass is 127. The molecule has 0 radical (unpaired) electrons. The highest BCUT2D eigenvalue weighted by Gasteiger charge is 2.15. The number of nitrogens with zero attached hydrogens (tertiary/aromatic N) is 2. The summed E-state index contributed by atoms with van der Waals surface area (Å²) in [5, 5.41) is 4.01. The van der Waals surface area contributed by atoms with Crippen LogP contribution in [0.25, 0.3) is 10.9 Å². The third kappa shape index (κ3) is 4.27. The minimum Gasteiger partial charge on any atom is -0.325 e. The summed E-state index contributed by atoms with van der Waals surface area (Å²) in [6.07, 6.45) is 0. The van der Waals surface area contributed by atoms with Gasteiger partial charge in [-0.15, -0.1) is 0 Å². The van der Waals surface area contributed by atoms with E-state index < -0.39 is 0 Å². The Labute approximate surface area is 169 Å². The van der Waals surface area contributed by atoms with Gasteiger partial charge in [0.1, 0.15) is 0 Å². The predicted molar refractivity (Wildman–Crippen MR) is 115 cm³/mol. The van der Waals surface area contributed by atoms with Crippen LogP contribution in [0.15, 0.2) is 58.5 Å². The van der Waals surface area contributed by atoms with Gasteiger partial charge in [0.15, 0.2) is 5.16 Å². The standard InChI is InChI=1S/C19H18IN3O2S/c1-12(2)23-18(25)15-5-3-4-6-16(15)22-19(23)26-11-17(24)21-14-9-7-13(20)8-10-14/h3-10,12H,11H2,1-2H3,(H,21,24). The Morgan fingerprint density at radius 3 is 2.58 bits per heavy atom.